The molecule has 0 fully saturated rings. The maximum Gasteiger partial charge on any atom is 0.260 e. The van der Waals surface area contributed by atoms with Crippen LogP contribution in [0.5, 0.6) is 0 Å². The van der Waals surface area contributed by atoms with Crippen molar-refractivity contribution in [2.75, 3.05) is 5.32 Å². The summed E-state index contributed by atoms with van der Waals surface area (Å²) in [5.74, 6) is -0.639. The summed E-state index contributed by atoms with van der Waals surface area (Å²) in [4.78, 5) is 15.7. The monoisotopic (exact) mass is 277 g/mol. The van der Waals surface area contributed by atoms with Gasteiger partial charge >= 0.3 is 0 Å². The lowest BCUT2D eigenvalue weighted by atomic mass is 10.2. The smallest absolute Gasteiger partial charge is 0.260 e. The molecule has 1 aromatic rings. The third-order valence-electron chi connectivity index (χ3n) is 2.35. The number of nitrogens with one attached hydrogen (secondary N) is 1. The number of amides is 1. The molecule has 6 heteroatoms. The number of aliphatic hydroxyl groups is 1. The molecule has 0 aromatic heterocycles. The summed E-state index contributed by atoms with van der Waals surface area (Å²) >= 11 is 4.58. The lowest BCUT2D eigenvalue weighted by Crippen LogP contribution is -2.18. The summed E-state index contributed by atoms with van der Waals surface area (Å²) in [6, 6.07) is 7.31. The highest BCUT2D eigenvalue weighted by Crippen LogP contribution is 2.14. The van der Waals surface area contributed by atoms with E-state index >= 15 is 0 Å². The zero-order valence-electron chi connectivity index (χ0n) is 10.7. The Morgan fingerprint density at radius 2 is 2.11 bits per heavy atom. The van der Waals surface area contributed by atoms with Crippen molar-refractivity contribution in [2.45, 2.75) is 13.8 Å². The topological polar surface area (TPSA) is 87.7 Å². The highest BCUT2D eigenvalue weighted by Gasteiger charge is 2.12. The van der Waals surface area contributed by atoms with Crippen molar-refractivity contribution in [2.24, 2.45) is 10.7 Å². The molecule has 4 N–H and O–H groups in total. The van der Waals surface area contributed by atoms with Crippen LogP contribution in [0.1, 0.15) is 12.5 Å². The Hall–Kier alpha value is -2.21. The van der Waals surface area contributed by atoms with Gasteiger partial charge in [-0.3, -0.25) is 4.79 Å². The van der Waals surface area contributed by atoms with Gasteiger partial charge in [0.2, 0.25) is 0 Å². The van der Waals surface area contributed by atoms with Crippen LogP contribution in [0.15, 0.2) is 40.6 Å². The van der Waals surface area contributed by atoms with E-state index in [1.54, 1.807) is 12.1 Å². The Kier molecular flexibility index (Phi) is 5.20. The number of carbonyl (C=O) groups excluding carboxylic acids is 1. The lowest BCUT2D eigenvalue weighted by molar-refractivity contribution is -0.112. The Bertz CT molecular complexity index is 561. The molecule has 19 heavy (non-hydrogen) atoms. The van der Waals surface area contributed by atoms with Gasteiger partial charge < -0.3 is 16.2 Å². The van der Waals surface area contributed by atoms with Crippen molar-refractivity contribution < 1.29 is 9.90 Å². The fourth-order valence-electron chi connectivity index (χ4n) is 1.35. The standard InChI is InChI=1S/C13H15N3O2S/c1-8-5-3-4-6-11(8)16-12(18)10(9(2)17)7-15-13(14)19/h3-7,17H,1-2H3,(H2,14,19)(H,16,18). The molecule has 1 aromatic carbocycles. The second kappa shape index (κ2) is 6.65. The first-order valence-corrected chi connectivity index (χ1v) is 5.93. The van der Waals surface area contributed by atoms with E-state index in [1.807, 2.05) is 19.1 Å². The lowest BCUT2D eigenvalue weighted by Gasteiger charge is -2.08. The number of anilines is 1. The van der Waals surface area contributed by atoms with Gasteiger partial charge in [0.1, 0.15) is 5.76 Å². The van der Waals surface area contributed by atoms with E-state index in [0.29, 0.717) is 5.69 Å². The number of aryl methyl sites for hydroxylation is 1. The van der Waals surface area contributed by atoms with Crippen LogP contribution in [-0.2, 0) is 4.79 Å². The average molecular weight is 277 g/mol. The molecule has 0 atom stereocenters. The molecular weight excluding hydrogens is 262 g/mol. The number of hydrogen-bond acceptors (Lipinski definition) is 3. The number of allylic oxidation sites excluding steroid dienone is 1. The van der Waals surface area contributed by atoms with Crippen LogP contribution in [0.25, 0.3) is 0 Å². The van der Waals surface area contributed by atoms with Crippen molar-refractivity contribution in [1.82, 2.24) is 0 Å². The first-order valence-electron chi connectivity index (χ1n) is 5.52. The van der Waals surface area contributed by atoms with Gasteiger partial charge in [-0.25, -0.2) is 4.99 Å². The normalized spacial score (nSPS) is 12.1. The number of rotatable bonds is 3. The largest absolute Gasteiger partial charge is 0.512 e. The van der Waals surface area contributed by atoms with Crippen LogP contribution < -0.4 is 11.1 Å². The minimum Gasteiger partial charge on any atom is -0.512 e. The molecule has 5 nitrogen and oxygen atoms in total. The molecule has 0 unspecified atom stereocenters. The van der Waals surface area contributed by atoms with Gasteiger partial charge in [-0.2, -0.15) is 0 Å². The molecule has 100 valence electrons. The molecule has 0 radical (unpaired) electrons. The van der Waals surface area contributed by atoms with E-state index in [4.69, 9.17) is 5.73 Å². The van der Waals surface area contributed by atoms with E-state index in [-0.39, 0.29) is 16.4 Å². The summed E-state index contributed by atoms with van der Waals surface area (Å²) in [7, 11) is 0. The van der Waals surface area contributed by atoms with Crippen LogP contribution in [-0.4, -0.2) is 22.3 Å². The number of nitrogens with two attached hydrogens (primary N) is 1. The number of benzene rings is 1. The van der Waals surface area contributed by atoms with Crippen LogP contribution in [0.2, 0.25) is 0 Å². The predicted molar refractivity (Wildman–Crippen MR) is 80.4 cm³/mol. The molecular formula is C13H15N3O2S. The molecule has 1 amide bonds. The highest BCUT2D eigenvalue weighted by molar-refractivity contribution is 7.80. The molecule has 0 saturated carbocycles. The number of para-hydroxylation sites is 1. The number of nitrogens with zero attached hydrogens (tertiary/aromatic N) is 1. The predicted octanol–water partition coefficient (Wildman–Crippen LogP) is 2.08. The first-order chi connectivity index (χ1) is 8.91. The quantitative estimate of drug-likeness (QED) is 0.341. The Balaban J connectivity index is 2.95. The van der Waals surface area contributed by atoms with E-state index in [2.05, 4.69) is 22.5 Å². The van der Waals surface area contributed by atoms with Gasteiger partial charge in [0.05, 0.1) is 5.57 Å². The molecule has 0 bridgehead atoms. The van der Waals surface area contributed by atoms with E-state index < -0.39 is 5.91 Å². The minimum absolute atomic E-state index is 0.0102. The Labute approximate surface area is 116 Å². The Morgan fingerprint density at radius 1 is 1.47 bits per heavy atom. The van der Waals surface area contributed by atoms with Crippen molar-refractivity contribution >= 4 is 35.1 Å². The van der Waals surface area contributed by atoms with Crippen LogP contribution in [0.4, 0.5) is 5.69 Å². The van der Waals surface area contributed by atoms with E-state index in [1.165, 1.54) is 6.92 Å². The summed E-state index contributed by atoms with van der Waals surface area (Å²) in [5, 5.41) is 12.1. The van der Waals surface area contributed by atoms with E-state index in [9.17, 15) is 9.90 Å². The third-order valence-corrected chi connectivity index (χ3v) is 2.45. The van der Waals surface area contributed by atoms with Crippen molar-refractivity contribution in [3.8, 4) is 0 Å². The molecule has 0 aliphatic heterocycles. The minimum atomic E-state index is -0.477. The van der Waals surface area contributed by atoms with Crippen LogP contribution in [0.3, 0.4) is 0 Å². The number of hydrogen-bond donors (Lipinski definition) is 3. The Morgan fingerprint density at radius 3 is 2.63 bits per heavy atom. The zero-order valence-corrected chi connectivity index (χ0v) is 11.5. The molecule has 0 saturated heterocycles. The molecule has 1 rings (SSSR count). The SMILES string of the molecule is CC(O)=C(C=NC(N)=S)C(=O)Nc1ccccc1C. The summed E-state index contributed by atoms with van der Waals surface area (Å²) in [6.45, 7) is 3.26. The summed E-state index contributed by atoms with van der Waals surface area (Å²) < 4.78 is 0. The van der Waals surface area contributed by atoms with Gasteiger partial charge in [-0.15, -0.1) is 0 Å². The second-order valence-electron chi connectivity index (χ2n) is 3.86. The summed E-state index contributed by atoms with van der Waals surface area (Å²) in [6.07, 6.45) is 1.14. The maximum atomic E-state index is 12.0. The van der Waals surface area contributed by atoms with E-state index in [0.717, 1.165) is 11.8 Å². The number of aliphatic imine (C=N–C) groups is 1. The van der Waals surface area contributed by atoms with Gasteiger partial charge in [0.25, 0.3) is 5.91 Å². The fraction of sp³-hybridized carbons (Fsp3) is 0.154. The fourth-order valence-corrected chi connectivity index (χ4v) is 1.40. The third kappa shape index (κ3) is 4.51. The zero-order chi connectivity index (χ0) is 14.4. The summed E-state index contributed by atoms with van der Waals surface area (Å²) in [5.41, 5.74) is 6.80. The average Bonchev–Trinajstić information content (AvgIpc) is 2.31. The number of aliphatic hydroxyl groups excluding tert-OH is 1. The van der Waals surface area contributed by atoms with Crippen molar-refractivity contribution in [3.05, 3.63) is 41.2 Å². The highest BCUT2D eigenvalue weighted by atomic mass is 32.1. The second-order valence-corrected chi connectivity index (χ2v) is 4.28. The molecule has 0 heterocycles. The molecule has 0 spiro atoms. The van der Waals surface area contributed by atoms with Gasteiger partial charge in [0, 0.05) is 11.9 Å². The maximum absolute atomic E-state index is 12.0. The number of carbonyl (C=O) groups is 1. The van der Waals surface area contributed by atoms with Crippen molar-refractivity contribution in [3.63, 3.8) is 0 Å². The molecule has 0 aliphatic carbocycles. The van der Waals surface area contributed by atoms with Gasteiger partial charge in [-0.1, -0.05) is 18.2 Å². The van der Waals surface area contributed by atoms with Crippen LogP contribution >= 0.6 is 12.2 Å². The first kappa shape index (κ1) is 14.8. The van der Waals surface area contributed by atoms with Gasteiger partial charge in [0.15, 0.2) is 5.11 Å². The van der Waals surface area contributed by atoms with Crippen molar-refractivity contribution in [1.29, 1.82) is 0 Å². The number of thiocarbonyl (C=S) groups is 1. The van der Waals surface area contributed by atoms with Crippen LogP contribution in [0, 0.1) is 6.92 Å². The molecule has 0 aliphatic rings. The van der Waals surface area contributed by atoms with Gasteiger partial charge in [-0.05, 0) is 37.7 Å².